The van der Waals surface area contributed by atoms with Crippen molar-refractivity contribution in [1.29, 1.82) is 0 Å². The average Bonchev–Trinajstić information content (AvgIpc) is 3.28. The van der Waals surface area contributed by atoms with E-state index in [9.17, 15) is 14.7 Å². The van der Waals surface area contributed by atoms with E-state index < -0.39 is 5.97 Å². The highest BCUT2D eigenvalue weighted by Gasteiger charge is 2.32. The van der Waals surface area contributed by atoms with E-state index in [0.717, 1.165) is 30.8 Å². The van der Waals surface area contributed by atoms with Crippen LogP contribution in [0.1, 0.15) is 76.0 Å². The first-order valence-electron chi connectivity index (χ1n) is 10.6. The van der Waals surface area contributed by atoms with Crippen LogP contribution in [-0.2, 0) is 10.3 Å². The van der Waals surface area contributed by atoms with E-state index in [1.54, 1.807) is 12.1 Å². The summed E-state index contributed by atoms with van der Waals surface area (Å²) in [5, 5.41) is 20.0. The number of aromatic carboxylic acids is 1. The molecule has 0 aliphatic heterocycles. The fourth-order valence-corrected chi connectivity index (χ4v) is 3.69. The van der Waals surface area contributed by atoms with Crippen molar-refractivity contribution in [1.82, 2.24) is 20.1 Å². The number of carbonyl (C=O) groups excluding carboxylic acids is 1. The van der Waals surface area contributed by atoms with Crippen molar-refractivity contribution < 1.29 is 19.4 Å². The molecule has 168 valence electrons. The number of nitrogens with one attached hydrogen (secondary N) is 2. The van der Waals surface area contributed by atoms with Gasteiger partial charge in [0.1, 0.15) is 17.7 Å². The second-order valence-electron chi connectivity index (χ2n) is 9.21. The normalized spacial score (nSPS) is 18.8. The van der Waals surface area contributed by atoms with Gasteiger partial charge in [0.2, 0.25) is 0 Å². The number of hydrogen-bond donors (Lipinski definition) is 3. The molecule has 0 aromatic carbocycles. The molecule has 0 spiro atoms. The molecule has 9 heteroatoms. The van der Waals surface area contributed by atoms with Gasteiger partial charge in [0.15, 0.2) is 5.69 Å². The Balaban J connectivity index is 1.77. The van der Waals surface area contributed by atoms with Crippen molar-refractivity contribution in [3.63, 3.8) is 0 Å². The second-order valence-corrected chi connectivity index (χ2v) is 9.21. The van der Waals surface area contributed by atoms with Gasteiger partial charge in [0.25, 0.3) is 0 Å². The van der Waals surface area contributed by atoms with Crippen LogP contribution in [0.25, 0.3) is 0 Å². The van der Waals surface area contributed by atoms with Crippen LogP contribution < -0.4 is 10.6 Å². The van der Waals surface area contributed by atoms with E-state index in [-0.39, 0.29) is 35.4 Å². The average molecular weight is 430 g/mol. The minimum atomic E-state index is -1.08. The van der Waals surface area contributed by atoms with Crippen molar-refractivity contribution in [2.75, 3.05) is 5.32 Å². The third kappa shape index (κ3) is 5.74. The number of nitrogens with zero attached hydrogens (tertiary/aromatic N) is 3. The maximum absolute atomic E-state index is 11.9. The van der Waals surface area contributed by atoms with Crippen LogP contribution in [-0.4, -0.2) is 44.1 Å². The Hall–Kier alpha value is -3.10. The Morgan fingerprint density at radius 2 is 2.00 bits per heavy atom. The third-order valence-corrected chi connectivity index (χ3v) is 5.07. The lowest BCUT2D eigenvalue weighted by Crippen LogP contribution is -2.33. The number of pyridine rings is 1. The highest BCUT2D eigenvalue weighted by molar-refractivity contribution is 5.85. The van der Waals surface area contributed by atoms with Gasteiger partial charge in [-0.25, -0.2) is 19.3 Å². The van der Waals surface area contributed by atoms with Gasteiger partial charge < -0.3 is 20.5 Å². The summed E-state index contributed by atoms with van der Waals surface area (Å²) in [5.74, 6) is 0.278. The van der Waals surface area contributed by atoms with E-state index in [1.807, 2.05) is 45.4 Å². The molecule has 0 radical (unpaired) electrons. The molecule has 2 heterocycles. The van der Waals surface area contributed by atoms with Crippen molar-refractivity contribution in [2.24, 2.45) is 0 Å². The molecule has 1 aliphatic carbocycles. The number of aromatic nitrogens is 3. The van der Waals surface area contributed by atoms with E-state index in [2.05, 4.69) is 15.6 Å². The minimum Gasteiger partial charge on any atom is -0.477 e. The number of ether oxygens (including phenoxy) is 1. The molecular formula is C22H31N5O4. The summed E-state index contributed by atoms with van der Waals surface area (Å²) in [6.45, 7) is 9.94. The molecule has 31 heavy (non-hydrogen) atoms. The zero-order valence-corrected chi connectivity index (χ0v) is 18.7. The fourth-order valence-electron chi connectivity index (χ4n) is 3.69. The molecule has 1 aliphatic rings. The molecule has 1 saturated carbocycles. The molecule has 0 bridgehead atoms. The molecule has 2 aromatic rings. The van der Waals surface area contributed by atoms with Gasteiger partial charge in [-0.05, 0) is 66.0 Å². The van der Waals surface area contributed by atoms with E-state index in [0.29, 0.717) is 5.82 Å². The van der Waals surface area contributed by atoms with Crippen LogP contribution in [0.2, 0.25) is 0 Å². The molecule has 1 fully saturated rings. The number of hydrogen-bond acceptors (Lipinski definition) is 6. The largest absolute Gasteiger partial charge is 0.477 e. The van der Waals surface area contributed by atoms with Crippen LogP contribution in [0.15, 0.2) is 24.3 Å². The van der Waals surface area contributed by atoms with Crippen LogP contribution in [0.3, 0.4) is 0 Å². The van der Waals surface area contributed by atoms with Gasteiger partial charge in [0, 0.05) is 18.0 Å². The van der Waals surface area contributed by atoms with Crippen molar-refractivity contribution >= 4 is 23.7 Å². The van der Waals surface area contributed by atoms with Gasteiger partial charge in [-0.15, -0.1) is 0 Å². The summed E-state index contributed by atoms with van der Waals surface area (Å²) in [6, 6.07) is 6.83. The van der Waals surface area contributed by atoms with Crippen molar-refractivity contribution in [2.45, 2.75) is 77.5 Å². The maximum atomic E-state index is 11.9. The molecule has 3 N–H and O–H groups in total. The summed E-state index contributed by atoms with van der Waals surface area (Å²) in [5.41, 5.74) is 0.598. The first-order valence-corrected chi connectivity index (χ1v) is 10.6. The summed E-state index contributed by atoms with van der Waals surface area (Å²) in [6.07, 6.45) is 1.89. The van der Waals surface area contributed by atoms with Gasteiger partial charge >= 0.3 is 12.1 Å². The van der Waals surface area contributed by atoms with E-state index in [4.69, 9.17) is 9.84 Å². The van der Waals surface area contributed by atoms with Crippen LogP contribution in [0, 0.1) is 0 Å². The Bertz CT molecular complexity index is 948. The zero-order chi connectivity index (χ0) is 22.8. The summed E-state index contributed by atoms with van der Waals surface area (Å²) in [4.78, 5) is 27.3. The molecule has 9 nitrogen and oxygen atoms in total. The topological polar surface area (TPSA) is 118 Å². The molecule has 3 rings (SSSR count). The smallest absolute Gasteiger partial charge is 0.407 e. The first-order chi connectivity index (χ1) is 14.5. The van der Waals surface area contributed by atoms with Crippen LogP contribution in [0.5, 0.6) is 0 Å². The van der Waals surface area contributed by atoms with Gasteiger partial charge in [0.05, 0.1) is 11.2 Å². The minimum absolute atomic E-state index is 0.0255. The third-order valence-electron chi connectivity index (χ3n) is 5.07. The number of amides is 1. The SMILES string of the molecule is CC(C)NC(=O)O[C@@H]1CC[C@H](c2cc(Nc3cccc(C(=O)O)n3)n(C(C)(C)C)n2)C1. The van der Waals surface area contributed by atoms with Crippen LogP contribution >= 0.6 is 0 Å². The lowest BCUT2D eigenvalue weighted by molar-refractivity contribution is 0.0690. The predicted octanol–water partition coefficient (Wildman–Crippen LogP) is 4.25. The van der Waals surface area contributed by atoms with E-state index >= 15 is 0 Å². The fraction of sp³-hybridized carbons (Fsp3) is 0.545. The Morgan fingerprint density at radius 1 is 1.26 bits per heavy atom. The van der Waals surface area contributed by atoms with Gasteiger partial charge in [-0.2, -0.15) is 5.10 Å². The lowest BCUT2D eigenvalue weighted by Gasteiger charge is -2.22. The highest BCUT2D eigenvalue weighted by Crippen LogP contribution is 2.37. The maximum Gasteiger partial charge on any atom is 0.407 e. The number of carboxylic acids is 1. The molecular weight excluding hydrogens is 398 g/mol. The van der Waals surface area contributed by atoms with Gasteiger partial charge in [-0.3, -0.25) is 0 Å². The highest BCUT2D eigenvalue weighted by atomic mass is 16.6. The summed E-state index contributed by atoms with van der Waals surface area (Å²) in [7, 11) is 0. The number of anilines is 2. The summed E-state index contributed by atoms with van der Waals surface area (Å²) < 4.78 is 7.43. The summed E-state index contributed by atoms with van der Waals surface area (Å²) >= 11 is 0. The van der Waals surface area contributed by atoms with Crippen LogP contribution in [0.4, 0.5) is 16.4 Å². The first kappa shape index (κ1) is 22.6. The molecule has 0 unspecified atom stereocenters. The molecule has 2 aromatic heterocycles. The van der Waals surface area contributed by atoms with Crippen molar-refractivity contribution in [3.8, 4) is 0 Å². The lowest BCUT2D eigenvalue weighted by atomic mass is 10.0. The zero-order valence-electron chi connectivity index (χ0n) is 18.7. The monoisotopic (exact) mass is 429 g/mol. The van der Waals surface area contributed by atoms with Gasteiger partial charge in [-0.1, -0.05) is 6.07 Å². The Morgan fingerprint density at radius 3 is 2.65 bits per heavy atom. The molecule has 1 amide bonds. The predicted molar refractivity (Wildman–Crippen MR) is 117 cm³/mol. The Kier molecular flexibility index (Phi) is 6.52. The Labute approximate surface area is 182 Å². The number of alkyl carbamates (subject to hydrolysis) is 1. The standard InChI is InChI=1S/C22H31N5O4/c1-13(2)23-21(30)31-15-10-9-14(11-15)17-12-19(27(26-17)22(3,4)5)25-18-8-6-7-16(24-18)20(28)29/h6-8,12-15H,9-11H2,1-5H3,(H,23,30)(H,24,25)(H,28,29)/t14-,15+/m0/s1. The molecule has 2 atom stereocenters. The number of rotatable bonds is 6. The number of carbonyl (C=O) groups is 2. The second kappa shape index (κ2) is 8.95. The van der Waals surface area contributed by atoms with E-state index in [1.165, 1.54) is 6.07 Å². The molecule has 0 saturated heterocycles. The van der Waals surface area contributed by atoms with Crippen molar-refractivity contribution in [3.05, 3.63) is 35.7 Å². The quantitative estimate of drug-likeness (QED) is 0.628. The number of carboxylic acid groups (broad SMARTS) is 1.